The summed E-state index contributed by atoms with van der Waals surface area (Å²) in [5, 5.41) is 2.90. The quantitative estimate of drug-likeness (QED) is 0.491. The normalized spacial score (nSPS) is 11.9. The zero-order valence-corrected chi connectivity index (χ0v) is 11.6. The summed E-state index contributed by atoms with van der Waals surface area (Å²) in [5.74, 6) is 5.96. The number of nitrogens with one attached hydrogen (secondary N) is 2. The van der Waals surface area contributed by atoms with E-state index in [-0.39, 0.29) is 5.91 Å². The average molecular weight is 265 g/mol. The maximum absolute atomic E-state index is 11.9. The second kappa shape index (κ2) is 8.42. The van der Waals surface area contributed by atoms with Crippen LogP contribution in [-0.2, 0) is 0 Å². The van der Waals surface area contributed by atoms with E-state index < -0.39 is 0 Å². The van der Waals surface area contributed by atoms with Crippen molar-refractivity contribution in [2.75, 3.05) is 12.0 Å². The highest BCUT2D eigenvalue weighted by Gasteiger charge is 2.11. The molecule has 0 aliphatic rings. The van der Waals surface area contributed by atoms with Crippen LogP contribution in [-0.4, -0.2) is 22.4 Å². The summed E-state index contributed by atoms with van der Waals surface area (Å²) in [4.78, 5) is 19.8. The highest BCUT2D eigenvalue weighted by Crippen LogP contribution is 2.11. The lowest BCUT2D eigenvalue weighted by atomic mass is 9.99. The predicted molar refractivity (Wildman–Crippen MR) is 75.5 cm³/mol. The second-order valence-corrected chi connectivity index (χ2v) is 4.56. The van der Waals surface area contributed by atoms with Gasteiger partial charge < -0.3 is 10.7 Å². The Hall–Kier alpha value is -1.69. The summed E-state index contributed by atoms with van der Waals surface area (Å²) in [7, 11) is 0. The van der Waals surface area contributed by atoms with Gasteiger partial charge in [0.2, 0.25) is 0 Å². The molecule has 1 aromatic rings. The van der Waals surface area contributed by atoms with Crippen LogP contribution in [0.25, 0.3) is 0 Å². The molecule has 6 nitrogen and oxygen atoms in total. The van der Waals surface area contributed by atoms with Crippen molar-refractivity contribution in [3.63, 3.8) is 0 Å². The lowest BCUT2D eigenvalue weighted by molar-refractivity contribution is 0.0940. The Morgan fingerprint density at radius 2 is 2.16 bits per heavy atom. The molecule has 0 fully saturated rings. The minimum atomic E-state index is -0.189. The maximum Gasteiger partial charge on any atom is 0.271 e. The number of unbranched alkanes of at least 4 members (excludes halogenated alkanes) is 1. The minimum Gasteiger partial charge on any atom is -0.350 e. The van der Waals surface area contributed by atoms with Gasteiger partial charge in [-0.05, 0) is 12.3 Å². The number of amides is 1. The SMILES string of the molecule is CCCCC(CC)CNC(=O)c1cnc(NN)cn1. The Balaban J connectivity index is 2.44. The van der Waals surface area contributed by atoms with Crippen molar-refractivity contribution in [3.8, 4) is 0 Å². The van der Waals surface area contributed by atoms with Crippen molar-refractivity contribution < 1.29 is 4.79 Å². The summed E-state index contributed by atoms with van der Waals surface area (Å²) in [5.41, 5.74) is 2.68. The fourth-order valence-corrected chi connectivity index (χ4v) is 1.79. The number of hydrazine groups is 1. The summed E-state index contributed by atoms with van der Waals surface area (Å²) >= 11 is 0. The van der Waals surface area contributed by atoms with Crippen molar-refractivity contribution in [2.45, 2.75) is 39.5 Å². The van der Waals surface area contributed by atoms with E-state index in [2.05, 4.69) is 34.6 Å². The van der Waals surface area contributed by atoms with Crippen LogP contribution in [0.2, 0.25) is 0 Å². The monoisotopic (exact) mass is 265 g/mol. The Bertz CT molecular complexity index is 379. The van der Waals surface area contributed by atoms with Gasteiger partial charge in [0.1, 0.15) is 5.69 Å². The van der Waals surface area contributed by atoms with Crippen molar-refractivity contribution in [3.05, 3.63) is 18.1 Å². The number of aromatic nitrogens is 2. The molecule has 0 spiro atoms. The molecule has 6 heteroatoms. The molecule has 0 aliphatic carbocycles. The molecule has 19 heavy (non-hydrogen) atoms. The van der Waals surface area contributed by atoms with Crippen LogP contribution >= 0.6 is 0 Å². The van der Waals surface area contributed by atoms with Crippen molar-refractivity contribution in [1.82, 2.24) is 15.3 Å². The Morgan fingerprint density at radius 1 is 1.37 bits per heavy atom. The van der Waals surface area contributed by atoms with E-state index in [1.165, 1.54) is 25.2 Å². The van der Waals surface area contributed by atoms with Gasteiger partial charge in [-0.3, -0.25) is 4.79 Å². The number of carbonyl (C=O) groups excluding carboxylic acids is 1. The number of carbonyl (C=O) groups is 1. The van der Waals surface area contributed by atoms with Crippen molar-refractivity contribution >= 4 is 11.7 Å². The number of nitrogen functional groups attached to an aromatic ring is 1. The predicted octanol–water partition coefficient (Wildman–Crippen LogP) is 1.71. The molecule has 0 radical (unpaired) electrons. The molecule has 106 valence electrons. The molecular formula is C13H23N5O. The summed E-state index contributed by atoms with van der Waals surface area (Å²) < 4.78 is 0. The minimum absolute atomic E-state index is 0.189. The Kier molecular flexibility index (Phi) is 6.81. The van der Waals surface area contributed by atoms with E-state index >= 15 is 0 Å². The van der Waals surface area contributed by atoms with Crippen LogP contribution in [0.1, 0.15) is 50.0 Å². The first-order valence-electron chi connectivity index (χ1n) is 6.78. The average Bonchev–Trinajstić information content (AvgIpc) is 2.47. The summed E-state index contributed by atoms with van der Waals surface area (Å²) in [6.07, 6.45) is 7.45. The van der Waals surface area contributed by atoms with Crippen molar-refractivity contribution in [2.24, 2.45) is 11.8 Å². The maximum atomic E-state index is 11.9. The molecule has 0 saturated heterocycles. The van der Waals surface area contributed by atoms with E-state index in [1.807, 2.05) is 0 Å². The topological polar surface area (TPSA) is 92.9 Å². The third kappa shape index (κ3) is 5.21. The van der Waals surface area contributed by atoms with Gasteiger partial charge >= 0.3 is 0 Å². The first-order valence-corrected chi connectivity index (χ1v) is 6.78. The van der Waals surface area contributed by atoms with E-state index in [9.17, 15) is 4.79 Å². The van der Waals surface area contributed by atoms with E-state index in [1.54, 1.807) is 0 Å². The van der Waals surface area contributed by atoms with E-state index in [4.69, 9.17) is 5.84 Å². The molecule has 0 aliphatic heterocycles. The first-order chi connectivity index (χ1) is 9.21. The fourth-order valence-electron chi connectivity index (χ4n) is 1.79. The standard InChI is InChI=1S/C13H23N5O/c1-3-5-6-10(4-2)7-17-13(19)11-8-16-12(18-14)9-15-11/h8-10H,3-7,14H2,1-2H3,(H,16,18)(H,17,19). The zero-order valence-electron chi connectivity index (χ0n) is 11.6. The fraction of sp³-hybridized carbons (Fsp3) is 0.615. The molecule has 1 heterocycles. The lowest BCUT2D eigenvalue weighted by Gasteiger charge is -2.14. The smallest absolute Gasteiger partial charge is 0.271 e. The number of hydrogen-bond donors (Lipinski definition) is 3. The molecule has 1 rings (SSSR count). The summed E-state index contributed by atoms with van der Waals surface area (Å²) in [6.45, 7) is 5.01. The van der Waals surface area contributed by atoms with Crippen molar-refractivity contribution in [1.29, 1.82) is 0 Å². The number of rotatable bonds is 8. The van der Waals surface area contributed by atoms with Gasteiger partial charge in [0.25, 0.3) is 5.91 Å². The number of anilines is 1. The van der Waals surface area contributed by atoms with Gasteiger partial charge in [-0.25, -0.2) is 15.8 Å². The molecule has 1 aromatic heterocycles. The van der Waals surface area contributed by atoms with Crippen LogP contribution in [0, 0.1) is 5.92 Å². The van der Waals surface area contributed by atoms with Crippen LogP contribution in [0.4, 0.5) is 5.82 Å². The van der Waals surface area contributed by atoms with Crippen LogP contribution in [0.15, 0.2) is 12.4 Å². The van der Waals surface area contributed by atoms with Crippen LogP contribution in [0.5, 0.6) is 0 Å². The van der Waals surface area contributed by atoms with Gasteiger partial charge in [0.15, 0.2) is 5.82 Å². The molecular weight excluding hydrogens is 242 g/mol. The molecule has 0 saturated carbocycles. The number of hydrogen-bond acceptors (Lipinski definition) is 5. The molecule has 0 bridgehead atoms. The van der Waals surface area contributed by atoms with Gasteiger partial charge in [0, 0.05) is 6.54 Å². The molecule has 1 atom stereocenters. The summed E-state index contributed by atoms with van der Waals surface area (Å²) in [6, 6.07) is 0. The third-order valence-electron chi connectivity index (χ3n) is 3.13. The molecule has 0 aromatic carbocycles. The van der Waals surface area contributed by atoms with E-state index in [0.29, 0.717) is 24.0 Å². The number of nitrogens with two attached hydrogens (primary N) is 1. The Morgan fingerprint density at radius 3 is 2.68 bits per heavy atom. The highest BCUT2D eigenvalue weighted by atomic mass is 16.1. The molecule has 1 unspecified atom stereocenters. The van der Waals surface area contributed by atoms with Gasteiger partial charge in [-0.2, -0.15) is 0 Å². The molecule has 1 amide bonds. The van der Waals surface area contributed by atoms with Gasteiger partial charge in [-0.1, -0.05) is 33.1 Å². The Labute approximate surface area is 114 Å². The second-order valence-electron chi connectivity index (χ2n) is 4.56. The number of nitrogens with zero attached hydrogens (tertiary/aromatic N) is 2. The van der Waals surface area contributed by atoms with E-state index in [0.717, 1.165) is 12.8 Å². The first kappa shape index (κ1) is 15.4. The van der Waals surface area contributed by atoms with Gasteiger partial charge in [-0.15, -0.1) is 0 Å². The largest absolute Gasteiger partial charge is 0.350 e. The highest BCUT2D eigenvalue weighted by molar-refractivity contribution is 5.91. The third-order valence-corrected chi connectivity index (χ3v) is 3.13. The zero-order chi connectivity index (χ0) is 14.1. The van der Waals surface area contributed by atoms with Gasteiger partial charge in [0.05, 0.1) is 12.4 Å². The van der Waals surface area contributed by atoms with Crippen LogP contribution < -0.4 is 16.6 Å². The molecule has 4 N–H and O–H groups in total. The van der Waals surface area contributed by atoms with Crippen LogP contribution in [0.3, 0.4) is 0 Å². The lowest BCUT2D eigenvalue weighted by Crippen LogP contribution is -2.30.